The van der Waals surface area contributed by atoms with E-state index in [0.717, 1.165) is 18.8 Å². The van der Waals surface area contributed by atoms with E-state index >= 15 is 0 Å². The third-order valence-corrected chi connectivity index (χ3v) is 3.54. The van der Waals surface area contributed by atoms with Crippen LogP contribution in [-0.4, -0.2) is 36.2 Å². The Morgan fingerprint density at radius 2 is 1.89 bits per heavy atom. The van der Waals surface area contributed by atoms with E-state index in [2.05, 4.69) is 39.8 Å². The van der Waals surface area contributed by atoms with Crippen LogP contribution in [0, 0.1) is 0 Å². The fourth-order valence-corrected chi connectivity index (χ4v) is 2.33. The third kappa shape index (κ3) is 3.22. The van der Waals surface area contributed by atoms with Crippen LogP contribution in [0.3, 0.4) is 0 Å². The molecule has 0 unspecified atom stereocenters. The van der Waals surface area contributed by atoms with Gasteiger partial charge < -0.3 is 10.6 Å². The van der Waals surface area contributed by atoms with Gasteiger partial charge >= 0.3 is 0 Å². The van der Waals surface area contributed by atoms with Gasteiger partial charge in [-0.1, -0.05) is 36.4 Å². The van der Waals surface area contributed by atoms with Gasteiger partial charge in [-0.2, -0.15) is 0 Å². The Kier molecular flexibility index (Phi) is 3.62. The van der Waals surface area contributed by atoms with Gasteiger partial charge in [-0.25, -0.2) is 0 Å². The molecule has 1 saturated heterocycles. The third-order valence-electron chi connectivity index (χ3n) is 3.29. The van der Waals surface area contributed by atoms with Crippen molar-refractivity contribution in [1.29, 1.82) is 0 Å². The number of hydrogen-bond donors (Lipinski definition) is 2. The van der Waals surface area contributed by atoms with Gasteiger partial charge in [-0.3, -0.25) is 4.90 Å². The Morgan fingerprint density at radius 3 is 2.74 bits per heavy atom. The molecule has 1 aliphatic rings. The first-order valence-electron chi connectivity index (χ1n) is 6.58. The minimum atomic E-state index is 0.693. The smallest absolute Gasteiger partial charge is 0.170 e. The fourth-order valence-electron chi connectivity index (χ4n) is 2.12. The van der Waals surface area contributed by atoms with Crippen molar-refractivity contribution in [2.75, 3.05) is 31.5 Å². The first-order valence-corrected chi connectivity index (χ1v) is 6.99. The van der Waals surface area contributed by atoms with E-state index in [-0.39, 0.29) is 0 Å². The molecule has 0 aromatic heterocycles. The van der Waals surface area contributed by atoms with E-state index < -0.39 is 0 Å². The Hall–Kier alpha value is -1.65. The molecule has 4 heteroatoms. The average molecular weight is 271 g/mol. The van der Waals surface area contributed by atoms with Gasteiger partial charge in [0, 0.05) is 37.3 Å². The van der Waals surface area contributed by atoms with E-state index in [4.69, 9.17) is 12.2 Å². The van der Waals surface area contributed by atoms with Crippen molar-refractivity contribution in [2.24, 2.45) is 0 Å². The molecule has 98 valence electrons. The second-order valence-corrected chi connectivity index (χ2v) is 5.16. The highest BCUT2D eigenvalue weighted by Crippen LogP contribution is 2.22. The molecule has 3 rings (SSSR count). The maximum Gasteiger partial charge on any atom is 0.170 e. The summed E-state index contributed by atoms with van der Waals surface area (Å²) in [4.78, 5) is 2.37. The zero-order valence-electron chi connectivity index (χ0n) is 10.7. The van der Waals surface area contributed by atoms with Gasteiger partial charge in [0.25, 0.3) is 0 Å². The van der Waals surface area contributed by atoms with Crippen LogP contribution in [-0.2, 0) is 0 Å². The van der Waals surface area contributed by atoms with Crippen molar-refractivity contribution in [3.05, 3.63) is 42.5 Å². The number of benzene rings is 2. The standard InChI is InChI=1S/C15H17N3S/c19-15(16-8-9-18-10-11-18)17-14-7-3-5-12-4-1-2-6-13(12)14/h1-7H,8-11H2,(H2,16,17,19). The lowest BCUT2D eigenvalue weighted by Crippen LogP contribution is -2.32. The summed E-state index contributed by atoms with van der Waals surface area (Å²) >= 11 is 5.33. The Balaban J connectivity index is 1.64. The second-order valence-electron chi connectivity index (χ2n) is 4.75. The molecule has 2 aromatic carbocycles. The van der Waals surface area contributed by atoms with Crippen LogP contribution in [0.25, 0.3) is 10.8 Å². The second kappa shape index (κ2) is 5.55. The molecule has 1 fully saturated rings. The molecule has 0 amide bonds. The zero-order valence-corrected chi connectivity index (χ0v) is 11.5. The highest BCUT2D eigenvalue weighted by molar-refractivity contribution is 7.80. The van der Waals surface area contributed by atoms with Crippen LogP contribution in [0.15, 0.2) is 42.5 Å². The van der Waals surface area contributed by atoms with Gasteiger partial charge in [0.05, 0.1) is 0 Å². The normalized spacial score (nSPS) is 14.3. The molecule has 1 heterocycles. The van der Waals surface area contributed by atoms with Crippen molar-refractivity contribution in [1.82, 2.24) is 10.2 Å². The molecular weight excluding hydrogens is 254 g/mol. The molecular formula is C15H17N3S. The average Bonchev–Trinajstić information content (AvgIpc) is 3.23. The summed E-state index contributed by atoms with van der Waals surface area (Å²) in [5, 5.41) is 9.64. The monoisotopic (exact) mass is 271 g/mol. The number of nitrogens with one attached hydrogen (secondary N) is 2. The summed E-state index contributed by atoms with van der Waals surface area (Å²) < 4.78 is 0. The molecule has 0 radical (unpaired) electrons. The van der Waals surface area contributed by atoms with Crippen LogP contribution in [0.4, 0.5) is 5.69 Å². The molecule has 0 atom stereocenters. The Bertz CT molecular complexity index is 587. The summed E-state index contributed by atoms with van der Waals surface area (Å²) in [6.07, 6.45) is 0. The lowest BCUT2D eigenvalue weighted by atomic mass is 10.1. The van der Waals surface area contributed by atoms with E-state index in [9.17, 15) is 0 Å². The number of thiocarbonyl (C=S) groups is 1. The lowest BCUT2D eigenvalue weighted by molar-refractivity contribution is 0.555. The van der Waals surface area contributed by atoms with E-state index in [0.29, 0.717) is 5.11 Å². The van der Waals surface area contributed by atoms with Crippen molar-refractivity contribution >= 4 is 33.8 Å². The first kappa shape index (κ1) is 12.4. The van der Waals surface area contributed by atoms with Gasteiger partial charge in [0.2, 0.25) is 0 Å². The minimum absolute atomic E-state index is 0.693. The van der Waals surface area contributed by atoms with E-state index in [1.54, 1.807) is 0 Å². The number of nitrogens with zero attached hydrogens (tertiary/aromatic N) is 1. The Labute approximate surface area is 118 Å². The molecule has 0 aliphatic carbocycles. The summed E-state index contributed by atoms with van der Waals surface area (Å²) in [5.74, 6) is 0. The zero-order chi connectivity index (χ0) is 13.1. The van der Waals surface area contributed by atoms with Gasteiger partial charge in [-0.05, 0) is 23.7 Å². The summed E-state index contributed by atoms with van der Waals surface area (Å²) in [6, 6.07) is 14.5. The molecule has 0 spiro atoms. The molecule has 1 aliphatic heterocycles. The number of hydrogen-bond acceptors (Lipinski definition) is 2. The minimum Gasteiger partial charge on any atom is -0.361 e. The van der Waals surface area contributed by atoms with Crippen LogP contribution in [0.1, 0.15) is 0 Å². The molecule has 2 aromatic rings. The van der Waals surface area contributed by atoms with Gasteiger partial charge in [-0.15, -0.1) is 0 Å². The fraction of sp³-hybridized carbons (Fsp3) is 0.267. The van der Waals surface area contributed by atoms with Crippen molar-refractivity contribution in [3.63, 3.8) is 0 Å². The molecule has 0 bridgehead atoms. The van der Waals surface area contributed by atoms with E-state index in [1.165, 1.54) is 23.9 Å². The molecule has 2 N–H and O–H groups in total. The summed E-state index contributed by atoms with van der Waals surface area (Å²) in [5.41, 5.74) is 1.06. The predicted molar refractivity (Wildman–Crippen MR) is 84.6 cm³/mol. The number of rotatable bonds is 4. The van der Waals surface area contributed by atoms with Crippen LogP contribution in [0.5, 0.6) is 0 Å². The largest absolute Gasteiger partial charge is 0.361 e. The highest BCUT2D eigenvalue weighted by atomic mass is 32.1. The van der Waals surface area contributed by atoms with Crippen molar-refractivity contribution in [2.45, 2.75) is 0 Å². The molecule has 0 saturated carbocycles. The van der Waals surface area contributed by atoms with Crippen molar-refractivity contribution in [3.8, 4) is 0 Å². The van der Waals surface area contributed by atoms with Gasteiger partial charge in [0.1, 0.15) is 0 Å². The number of fused-ring (bicyclic) bond motifs is 1. The summed E-state index contributed by atoms with van der Waals surface area (Å²) in [6.45, 7) is 4.42. The quantitative estimate of drug-likeness (QED) is 0.660. The van der Waals surface area contributed by atoms with Crippen molar-refractivity contribution < 1.29 is 0 Å². The highest BCUT2D eigenvalue weighted by Gasteiger charge is 2.15. The topological polar surface area (TPSA) is 27.1 Å². The predicted octanol–water partition coefficient (Wildman–Crippen LogP) is 2.44. The summed E-state index contributed by atoms with van der Waals surface area (Å²) in [7, 11) is 0. The molecule has 19 heavy (non-hydrogen) atoms. The van der Waals surface area contributed by atoms with Crippen LogP contribution in [0.2, 0.25) is 0 Å². The number of anilines is 1. The maximum absolute atomic E-state index is 5.33. The SMILES string of the molecule is S=C(NCCN1CC1)Nc1cccc2ccccc12. The van der Waals surface area contributed by atoms with Crippen LogP contribution < -0.4 is 10.6 Å². The lowest BCUT2D eigenvalue weighted by Gasteiger charge is -2.12. The maximum atomic E-state index is 5.33. The molecule has 3 nitrogen and oxygen atoms in total. The first-order chi connectivity index (χ1) is 9.33. The van der Waals surface area contributed by atoms with E-state index in [1.807, 2.05) is 18.2 Å². The Morgan fingerprint density at radius 1 is 1.11 bits per heavy atom. The van der Waals surface area contributed by atoms with Crippen LogP contribution >= 0.6 is 12.2 Å². The van der Waals surface area contributed by atoms with Gasteiger partial charge in [0.15, 0.2) is 5.11 Å².